The zero-order valence-corrected chi connectivity index (χ0v) is 30.6. The number of nitrogens with one attached hydrogen (secondary N) is 2. The maximum absolute atomic E-state index is 13.8. The third-order valence-corrected chi connectivity index (χ3v) is 10.7. The number of carbonyl (C=O) groups is 1. The number of piperidine rings is 1. The van der Waals surface area contributed by atoms with E-state index in [1.165, 1.54) is 18.9 Å². The van der Waals surface area contributed by atoms with Crippen molar-refractivity contribution in [1.29, 1.82) is 0 Å². The molecule has 0 radical (unpaired) electrons. The fraction of sp³-hybridized carbons (Fsp3) is 0.649. The number of rotatable bonds is 7. The molecule has 7 nitrogen and oxygen atoms in total. The van der Waals surface area contributed by atoms with E-state index in [2.05, 4.69) is 37.5 Å². The predicted molar refractivity (Wildman–Crippen MR) is 193 cm³/mol. The van der Waals surface area contributed by atoms with Crippen LogP contribution in [0.25, 0.3) is 0 Å². The van der Waals surface area contributed by atoms with Gasteiger partial charge in [-0.1, -0.05) is 20.8 Å². The molecule has 1 atom stereocenters. The molecule has 1 saturated carbocycles. The SMILES string of the molecule is CC(C)(C)[C@H]1CC[C@H](c2cc(C(=O)N3CCC(Oc4cc(N5CCNCC5)cc(C(F)(F)F)c4)CC3)ccc2O[C@H]2CCNC2)CC1.Cl.Cl. The van der Waals surface area contributed by atoms with E-state index in [9.17, 15) is 18.0 Å². The number of anilines is 1. The Hall–Kier alpha value is -2.40. The Morgan fingerprint density at radius 3 is 2.08 bits per heavy atom. The molecule has 1 amide bonds. The molecule has 1 aliphatic carbocycles. The monoisotopic (exact) mass is 728 g/mol. The van der Waals surface area contributed by atoms with E-state index in [0.29, 0.717) is 67.5 Å². The van der Waals surface area contributed by atoms with Crippen molar-refractivity contribution in [2.45, 2.75) is 90.0 Å². The van der Waals surface area contributed by atoms with Crippen molar-refractivity contribution >= 4 is 36.4 Å². The molecule has 2 aromatic rings. The molecular weight excluding hydrogens is 676 g/mol. The van der Waals surface area contributed by atoms with Crippen molar-refractivity contribution in [2.24, 2.45) is 11.3 Å². The topological polar surface area (TPSA) is 66.1 Å². The maximum Gasteiger partial charge on any atom is 0.416 e. The maximum atomic E-state index is 13.8. The second kappa shape index (κ2) is 16.7. The van der Waals surface area contributed by atoms with Crippen LogP contribution >= 0.6 is 24.8 Å². The molecule has 0 bridgehead atoms. The van der Waals surface area contributed by atoms with Gasteiger partial charge < -0.3 is 29.9 Å². The van der Waals surface area contributed by atoms with Crippen LogP contribution < -0.4 is 25.0 Å². The van der Waals surface area contributed by atoms with Crippen molar-refractivity contribution in [3.05, 3.63) is 53.1 Å². The van der Waals surface area contributed by atoms with E-state index in [-0.39, 0.29) is 48.7 Å². The Kier molecular flexibility index (Phi) is 13.5. The molecule has 3 saturated heterocycles. The van der Waals surface area contributed by atoms with Gasteiger partial charge in [0.15, 0.2) is 0 Å². The lowest BCUT2D eigenvalue weighted by atomic mass is 9.68. The summed E-state index contributed by atoms with van der Waals surface area (Å²) in [5, 5.41) is 6.62. The Labute approximate surface area is 301 Å². The number of hydrogen-bond acceptors (Lipinski definition) is 6. The van der Waals surface area contributed by atoms with Gasteiger partial charge in [0.25, 0.3) is 5.91 Å². The Morgan fingerprint density at radius 1 is 0.776 bits per heavy atom. The first kappa shape index (κ1) is 39.4. The minimum absolute atomic E-state index is 0. The van der Waals surface area contributed by atoms with Crippen molar-refractivity contribution < 1.29 is 27.4 Å². The molecule has 3 heterocycles. The molecule has 49 heavy (non-hydrogen) atoms. The quantitative estimate of drug-likeness (QED) is 0.305. The summed E-state index contributed by atoms with van der Waals surface area (Å²) in [6, 6.07) is 10.0. The first-order chi connectivity index (χ1) is 22.4. The lowest BCUT2D eigenvalue weighted by molar-refractivity contribution is -0.137. The van der Waals surface area contributed by atoms with Gasteiger partial charge in [-0.15, -0.1) is 24.8 Å². The van der Waals surface area contributed by atoms with Gasteiger partial charge in [-0.3, -0.25) is 4.79 Å². The highest BCUT2D eigenvalue weighted by Gasteiger charge is 2.34. The average Bonchev–Trinajstić information content (AvgIpc) is 3.58. The van der Waals surface area contributed by atoms with Crippen molar-refractivity contribution in [3.63, 3.8) is 0 Å². The highest BCUT2D eigenvalue weighted by Crippen LogP contribution is 2.45. The molecule has 3 aliphatic heterocycles. The smallest absolute Gasteiger partial charge is 0.416 e. The number of amides is 1. The largest absolute Gasteiger partial charge is 0.490 e. The number of likely N-dealkylation sites (tertiary alicyclic amines) is 1. The summed E-state index contributed by atoms with van der Waals surface area (Å²) < 4.78 is 54.0. The molecule has 6 rings (SSSR count). The number of benzene rings is 2. The minimum atomic E-state index is -4.46. The van der Waals surface area contributed by atoms with Crippen molar-refractivity contribution in [1.82, 2.24) is 15.5 Å². The van der Waals surface area contributed by atoms with Crippen LogP contribution in [-0.4, -0.2) is 75.4 Å². The number of nitrogens with zero attached hydrogens (tertiary/aromatic N) is 2. The first-order valence-corrected chi connectivity index (χ1v) is 17.6. The number of hydrogen-bond donors (Lipinski definition) is 2. The van der Waals surface area contributed by atoms with E-state index >= 15 is 0 Å². The van der Waals surface area contributed by atoms with Crippen LogP contribution in [0.15, 0.2) is 36.4 Å². The van der Waals surface area contributed by atoms with Crippen LogP contribution in [0.5, 0.6) is 11.5 Å². The normalized spacial score (nSPS) is 23.8. The summed E-state index contributed by atoms with van der Waals surface area (Å²) in [6.07, 6.45) is 2.05. The Balaban J connectivity index is 0.00000270. The molecule has 0 spiro atoms. The van der Waals surface area contributed by atoms with Crippen molar-refractivity contribution in [3.8, 4) is 11.5 Å². The third kappa shape index (κ3) is 9.89. The second-order valence-corrected chi connectivity index (χ2v) is 15.0. The van der Waals surface area contributed by atoms with Gasteiger partial charge in [0.2, 0.25) is 0 Å². The molecule has 4 aliphatic rings. The minimum Gasteiger partial charge on any atom is -0.490 e. The van der Waals surface area contributed by atoms with Crippen molar-refractivity contribution in [2.75, 3.05) is 57.3 Å². The van der Waals surface area contributed by atoms with Gasteiger partial charge in [0.05, 0.1) is 5.56 Å². The number of carbonyl (C=O) groups excluding carboxylic acids is 1. The van der Waals surface area contributed by atoms with Gasteiger partial charge in [-0.25, -0.2) is 0 Å². The Bertz CT molecular complexity index is 1380. The summed E-state index contributed by atoms with van der Waals surface area (Å²) in [4.78, 5) is 17.6. The number of piperazine rings is 1. The van der Waals surface area contributed by atoms with Crippen LogP contribution in [0.2, 0.25) is 0 Å². The van der Waals surface area contributed by atoms with Crippen LogP contribution in [-0.2, 0) is 6.18 Å². The fourth-order valence-electron chi connectivity index (χ4n) is 7.76. The van der Waals surface area contributed by atoms with Gasteiger partial charge in [0.1, 0.15) is 23.7 Å². The molecule has 274 valence electrons. The highest BCUT2D eigenvalue weighted by atomic mass is 35.5. The zero-order valence-electron chi connectivity index (χ0n) is 28.9. The zero-order chi connectivity index (χ0) is 33.2. The van der Waals surface area contributed by atoms with Crippen LogP contribution in [0.4, 0.5) is 18.9 Å². The van der Waals surface area contributed by atoms with E-state index in [1.54, 1.807) is 6.07 Å². The third-order valence-electron chi connectivity index (χ3n) is 10.7. The summed E-state index contributed by atoms with van der Waals surface area (Å²) >= 11 is 0. The van der Waals surface area contributed by atoms with E-state index in [0.717, 1.165) is 62.8 Å². The average molecular weight is 730 g/mol. The molecular formula is C37H53Cl2F3N4O3. The van der Waals surface area contributed by atoms with Gasteiger partial charge in [-0.05, 0) is 91.8 Å². The second-order valence-electron chi connectivity index (χ2n) is 15.0. The Morgan fingerprint density at radius 2 is 1.47 bits per heavy atom. The van der Waals surface area contributed by atoms with Gasteiger partial charge >= 0.3 is 6.18 Å². The standard InChI is InChI=1S/C37H51F3N4O3.2ClH/c1-36(2,3)27-7-4-25(5-8-27)33-20-26(6-9-34(33)47-31-10-13-42-24-31)35(45)44-16-11-30(12-17-44)46-32-22-28(37(38,39)40)21-29(23-32)43-18-14-41-15-19-43;;/h6,9,20-23,25,27,30-31,41-42H,4-5,7-8,10-19,24H2,1-3H3;2*1H/t25-,27-,31-;;/m0../s1. The number of ether oxygens (including phenoxy) is 2. The molecule has 4 fully saturated rings. The van der Waals surface area contributed by atoms with Gasteiger partial charge in [-0.2, -0.15) is 13.2 Å². The van der Waals surface area contributed by atoms with E-state index < -0.39 is 11.7 Å². The van der Waals surface area contributed by atoms with Gasteiger partial charge in [0, 0.05) is 76.0 Å². The summed E-state index contributed by atoms with van der Waals surface area (Å²) in [6.45, 7) is 12.5. The number of halogens is 5. The fourth-order valence-corrected chi connectivity index (χ4v) is 7.76. The highest BCUT2D eigenvalue weighted by molar-refractivity contribution is 5.94. The summed E-state index contributed by atoms with van der Waals surface area (Å²) in [7, 11) is 0. The summed E-state index contributed by atoms with van der Waals surface area (Å²) in [5.74, 6) is 2.19. The first-order valence-electron chi connectivity index (χ1n) is 17.6. The van der Waals surface area contributed by atoms with E-state index in [1.807, 2.05) is 21.9 Å². The lowest BCUT2D eigenvalue weighted by Gasteiger charge is -2.37. The van der Waals surface area contributed by atoms with Crippen LogP contribution in [0.3, 0.4) is 0 Å². The molecule has 12 heteroatoms. The van der Waals surface area contributed by atoms with E-state index in [4.69, 9.17) is 9.47 Å². The van der Waals surface area contributed by atoms with Crippen LogP contribution in [0, 0.1) is 11.3 Å². The summed E-state index contributed by atoms with van der Waals surface area (Å²) in [5.41, 5.74) is 1.95. The molecule has 0 aromatic heterocycles. The predicted octanol–water partition coefficient (Wildman–Crippen LogP) is 7.70. The van der Waals surface area contributed by atoms with Crippen LogP contribution in [0.1, 0.15) is 93.1 Å². The number of alkyl halides is 3. The molecule has 2 aromatic carbocycles. The lowest BCUT2D eigenvalue weighted by Crippen LogP contribution is -2.43. The molecule has 2 N–H and O–H groups in total. The molecule has 0 unspecified atom stereocenters.